The normalized spacial score (nSPS) is 15.5. The number of hydrogen-bond donors (Lipinski definition) is 1. The molecule has 2 unspecified atom stereocenters. The molecule has 0 aliphatic carbocycles. The lowest BCUT2D eigenvalue weighted by Gasteiger charge is -2.25. The van der Waals surface area contributed by atoms with E-state index in [1.165, 1.54) is 32.4 Å². The van der Waals surface area contributed by atoms with E-state index in [0.29, 0.717) is 0 Å². The monoisotopic (exact) mass is 242 g/mol. The van der Waals surface area contributed by atoms with E-state index >= 15 is 0 Å². The van der Waals surface area contributed by atoms with Crippen molar-refractivity contribution in [1.82, 2.24) is 4.90 Å². The molecule has 2 N–H and O–H groups in total. The molecule has 0 radical (unpaired) electrons. The molecule has 0 amide bonds. The van der Waals surface area contributed by atoms with Crippen LogP contribution < -0.4 is 5.73 Å². The van der Waals surface area contributed by atoms with Crippen LogP contribution in [0.15, 0.2) is 0 Å². The standard InChI is InChI=1S/C15H34N2/c1-6-14(4)7-10-17(12-9-16)11-8-15(5)13(2)3/h13-15H,6-12,16H2,1-5H3. The average Bonchev–Trinajstić information content (AvgIpc) is 2.31. The molecular formula is C15H34N2. The number of rotatable bonds is 10. The summed E-state index contributed by atoms with van der Waals surface area (Å²) in [7, 11) is 0. The SMILES string of the molecule is CCC(C)CCN(CCN)CCC(C)C(C)C. The van der Waals surface area contributed by atoms with Gasteiger partial charge >= 0.3 is 0 Å². The van der Waals surface area contributed by atoms with Gasteiger partial charge in [0.25, 0.3) is 0 Å². The van der Waals surface area contributed by atoms with Gasteiger partial charge in [0.15, 0.2) is 0 Å². The van der Waals surface area contributed by atoms with E-state index in [4.69, 9.17) is 5.73 Å². The third kappa shape index (κ3) is 8.62. The molecular weight excluding hydrogens is 208 g/mol. The molecule has 0 aromatic carbocycles. The molecule has 2 nitrogen and oxygen atoms in total. The van der Waals surface area contributed by atoms with Crippen molar-refractivity contribution < 1.29 is 0 Å². The zero-order valence-electron chi connectivity index (χ0n) is 12.7. The second-order valence-electron chi connectivity index (χ2n) is 5.94. The Morgan fingerprint density at radius 2 is 1.53 bits per heavy atom. The van der Waals surface area contributed by atoms with Gasteiger partial charge in [0.05, 0.1) is 0 Å². The van der Waals surface area contributed by atoms with Crippen LogP contribution in [0, 0.1) is 17.8 Å². The molecule has 0 bridgehead atoms. The number of nitrogens with two attached hydrogens (primary N) is 1. The number of nitrogens with zero attached hydrogens (tertiary/aromatic N) is 1. The van der Waals surface area contributed by atoms with E-state index in [-0.39, 0.29) is 0 Å². The maximum atomic E-state index is 5.69. The second kappa shape index (κ2) is 9.90. The van der Waals surface area contributed by atoms with Crippen LogP contribution in [0.2, 0.25) is 0 Å². The van der Waals surface area contributed by atoms with Crippen molar-refractivity contribution in [3.63, 3.8) is 0 Å². The molecule has 0 aliphatic heterocycles. The zero-order chi connectivity index (χ0) is 13.3. The highest BCUT2D eigenvalue weighted by Gasteiger charge is 2.11. The largest absolute Gasteiger partial charge is 0.329 e. The second-order valence-corrected chi connectivity index (χ2v) is 5.94. The van der Waals surface area contributed by atoms with E-state index in [2.05, 4.69) is 39.5 Å². The van der Waals surface area contributed by atoms with Crippen LogP contribution in [-0.4, -0.2) is 31.1 Å². The van der Waals surface area contributed by atoms with E-state index in [9.17, 15) is 0 Å². The smallest absolute Gasteiger partial charge is 0.0105 e. The first-order valence-corrected chi connectivity index (χ1v) is 7.43. The average molecular weight is 242 g/mol. The van der Waals surface area contributed by atoms with Gasteiger partial charge in [-0.3, -0.25) is 0 Å². The predicted molar refractivity (Wildman–Crippen MR) is 78.2 cm³/mol. The minimum Gasteiger partial charge on any atom is -0.329 e. The lowest BCUT2D eigenvalue weighted by Crippen LogP contribution is -2.33. The summed E-state index contributed by atoms with van der Waals surface area (Å²) in [6.45, 7) is 15.9. The van der Waals surface area contributed by atoms with Crippen molar-refractivity contribution in [1.29, 1.82) is 0 Å². The maximum absolute atomic E-state index is 5.69. The van der Waals surface area contributed by atoms with Gasteiger partial charge in [-0.15, -0.1) is 0 Å². The predicted octanol–water partition coefficient (Wildman–Crippen LogP) is 3.37. The molecule has 0 saturated carbocycles. The maximum Gasteiger partial charge on any atom is 0.0105 e. The molecule has 0 aromatic heterocycles. The summed E-state index contributed by atoms with van der Waals surface area (Å²) in [4.78, 5) is 2.55. The molecule has 2 atom stereocenters. The molecule has 0 saturated heterocycles. The van der Waals surface area contributed by atoms with Crippen molar-refractivity contribution in [3.05, 3.63) is 0 Å². The first kappa shape index (κ1) is 16.9. The van der Waals surface area contributed by atoms with Crippen LogP contribution in [0.25, 0.3) is 0 Å². The molecule has 0 rings (SSSR count). The third-order valence-corrected chi connectivity index (χ3v) is 4.12. The fourth-order valence-corrected chi connectivity index (χ4v) is 1.84. The topological polar surface area (TPSA) is 29.3 Å². The van der Waals surface area contributed by atoms with Gasteiger partial charge in [-0.2, -0.15) is 0 Å². The van der Waals surface area contributed by atoms with Crippen LogP contribution in [0.4, 0.5) is 0 Å². The Kier molecular flexibility index (Phi) is 9.85. The molecule has 0 heterocycles. The minimum atomic E-state index is 0.788. The Bertz CT molecular complexity index is 168. The van der Waals surface area contributed by atoms with Crippen molar-refractivity contribution in [2.75, 3.05) is 26.2 Å². The van der Waals surface area contributed by atoms with Crippen LogP contribution >= 0.6 is 0 Å². The van der Waals surface area contributed by atoms with Gasteiger partial charge in [-0.25, -0.2) is 0 Å². The molecule has 0 fully saturated rings. The Labute approximate surface area is 109 Å². The Morgan fingerprint density at radius 3 is 2.00 bits per heavy atom. The molecule has 2 heteroatoms. The Morgan fingerprint density at radius 1 is 0.941 bits per heavy atom. The Balaban J connectivity index is 3.89. The van der Waals surface area contributed by atoms with Crippen LogP contribution in [-0.2, 0) is 0 Å². The molecule has 0 aromatic rings. The third-order valence-electron chi connectivity index (χ3n) is 4.12. The van der Waals surface area contributed by atoms with Crippen LogP contribution in [0.5, 0.6) is 0 Å². The van der Waals surface area contributed by atoms with Crippen molar-refractivity contribution in [2.24, 2.45) is 23.5 Å². The van der Waals surface area contributed by atoms with Gasteiger partial charge in [0.2, 0.25) is 0 Å². The fourth-order valence-electron chi connectivity index (χ4n) is 1.84. The highest BCUT2D eigenvalue weighted by Crippen LogP contribution is 2.15. The van der Waals surface area contributed by atoms with E-state index in [0.717, 1.165) is 30.8 Å². The van der Waals surface area contributed by atoms with E-state index in [1.807, 2.05) is 0 Å². The lowest BCUT2D eigenvalue weighted by molar-refractivity contribution is 0.230. The first-order valence-electron chi connectivity index (χ1n) is 7.43. The zero-order valence-corrected chi connectivity index (χ0v) is 12.7. The first-order chi connectivity index (χ1) is 8.01. The fraction of sp³-hybridized carbons (Fsp3) is 1.00. The van der Waals surface area contributed by atoms with E-state index < -0.39 is 0 Å². The quantitative estimate of drug-likeness (QED) is 0.636. The summed E-state index contributed by atoms with van der Waals surface area (Å²) in [5.74, 6) is 2.46. The lowest BCUT2D eigenvalue weighted by atomic mass is 9.94. The summed E-state index contributed by atoms with van der Waals surface area (Å²) < 4.78 is 0. The van der Waals surface area contributed by atoms with Gasteiger partial charge < -0.3 is 10.6 Å². The van der Waals surface area contributed by atoms with Gasteiger partial charge in [0, 0.05) is 13.1 Å². The summed E-state index contributed by atoms with van der Waals surface area (Å²) in [6.07, 6.45) is 3.91. The van der Waals surface area contributed by atoms with Crippen LogP contribution in [0.3, 0.4) is 0 Å². The minimum absolute atomic E-state index is 0.788. The summed E-state index contributed by atoms with van der Waals surface area (Å²) >= 11 is 0. The van der Waals surface area contributed by atoms with Crippen molar-refractivity contribution in [2.45, 2.75) is 53.9 Å². The highest BCUT2D eigenvalue weighted by molar-refractivity contribution is 4.65. The van der Waals surface area contributed by atoms with Gasteiger partial charge in [-0.1, -0.05) is 41.0 Å². The van der Waals surface area contributed by atoms with Gasteiger partial charge in [-0.05, 0) is 43.7 Å². The highest BCUT2D eigenvalue weighted by atomic mass is 15.1. The summed E-state index contributed by atoms with van der Waals surface area (Å²) in [5.41, 5.74) is 5.69. The van der Waals surface area contributed by atoms with E-state index in [1.54, 1.807) is 0 Å². The Hall–Kier alpha value is -0.0800. The summed E-state index contributed by atoms with van der Waals surface area (Å²) in [5, 5.41) is 0. The van der Waals surface area contributed by atoms with Crippen molar-refractivity contribution in [3.8, 4) is 0 Å². The molecule has 0 spiro atoms. The van der Waals surface area contributed by atoms with Gasteiger partial charge in [0.1, 0.15) is 0 Å². The van der Waals surface area contributed by atoms with Crippen LogP contribution in [0.1, 0.15) is 53.9 Å². The summed E-state index contributed by atoms with van der Waals surface area (Å²) in [6, 6.07) is 0. The molecule has 0 aliphatic rings. The molecule has 104 valence electrons. The molecule has 17 heavy (non-hydrogen) atoms. The van der Waals surface area contributed by atoms with Crippen molar-refractivity contribution >= 4 is 0 Å². The number of hydrogen-bond acceptors (Lipinski definition) is 2.